The molecule has 1 amide bonds. The number of carbonyl (C=O) groups is 1. The molecule has 3 nitrogen and oxygen atoms in total. The molecule has 3 rings (SSSR count). The molecule has 0 spiro atoms. The first-order valence-corrected chi connectivity index (χ1v) is 9.18. The van der Waals surface area contributed by atoms with Gasteiger partial charge in [0.15, 0.2) is 6.61 Å². The molecule has 1 aliphatic rings. The van der Waals surface area contributed by atoms with Crippen molar-refractivity contribution in [2.45, 2.75) is 52.4 Å². The maximum atomic E-state index is 12.4. The lowest BCUT2D eigenvalue weighted by molar-refractivity contribution is -0.118. The number of amides is 1. The van der Waals surface area contributed by atoms with Crippen LogP contribution < -0.4 is 10.1 Å². The summed E-state index contributed by atoms with van der Waals surface area (Å²) in [7, 11) is 0. The van der Waals surface area contributed by atoms with Gasteiger partial charge in [0, 0.05) is 5.69 Å². The summed E-state index contributed by atoms with van der Waals surface area (Å²) < 4.78 is 5.73. The minimum atomic E-state index is -0.117. The van der Waals surface area contributed by atoms with Crippen LogP contribution in [0.4, 0.5) is 5.69 Å². The summed E-state index contributed by atoms with van der Waals surface area (Å²) in [5, 5.41) is 3.03. The topological polar surface area (TPSA) is 38.3 Å². The lowest BCUT2D eigenvalue weighted by atomic mass is 9.92. The number of anilines is 1. The quantitative estimate of drug-likeness (QED) is 0.832. The second kappa shape index (κ2) is 7.73. The number of hydrogen-bond donors (Lipinski definition) is 1. The van der Waals surface area contributed by atoms with Gasteiger partial charge in [-0.05, 0) is 72.9 Å². The zero-order chi connectivity index (χ0) is 17.8. The first-order valence-electron chi connectivity index (χ1n) is 9.18. The van der Waals surface area contributed by atoms with Gasteiger partial charge in [0.25, 0.3) is 5.91 Å². The van der Waals surface area contributed by atoms with Gasteiger partial charge in [-0.1, -0.05) is 38.1 Å². The fourth-order valence-electron chi connectivity index (χ4n) is 3.47. The van der Waals surface area contributed by atoms with Crippen LogP contribution in [0.5, 0.6) is 5.75 Å². The van der Waals surface area contributed by atoms with Gasteiger partial charge in [0.05, 0.1) is 0 Å². The lowest BCUT2D eigenvalue weighted by Crippen LogP contribution is -2.21. The molecule has 3 heteroatoms. The van der Waals surface area contributed by atoms with E-state index >= 15 is 0 Å². The molecule has 0 unspecified atom stereocenters. The van der Waals surface area contributed by atoms with Crippen LogP contribution in [0.15, 0.2) is 36.4 Å². The van der Waals surface area contributed by atoms with E-state index in [0.717, 1.165) is 35.4 Å². The molecule has 0 fully saturated rings. The van der Waals surface area contributed by atoms with Crippen molar-refractivity contribution in [3.8, 4) is 5.75 Å². The highest BCUT2D eigenvalue weighted by Crippen LogP contribution is 2.28. The number of carbonyl (C=O) groups excluding carboxylic acids is 1. The van der Waals surface area contributed by atoms with Crippen LogP contribution >= 0.6 is 0 Å². The van der Waals surface area contributed by atoms with Crippen LogP contribution in [0.1, 0.15) is 54.9 Å². The molecule has 132 valence electrons. The molecule has 0 aromatic heterocycles. The Morgan fingerprint density at radius 3 is 2.64 bits per heavy atom. The number of rotatable bonds is 5. The van der Waals surface area contributed by atoms with E-state index in [-0.39, 0.29) is 12.5 Å². The standard InChI is InChI=1S/C22H27NO2/c1-15(2)20-10-6-7-16(3)22(20)23-21(24)14-25-19-12-11-17-8-4-5-9-18(17)13-19/h6-7,10-13,15H,4-5,8-9,14H2,1-3H3,(H,23,24). The van der Waals surface area contributed by atoms with E-state index < -0.39 is 0 Å². The molecule has 0 heterocycles. The molecular formula is C22H27NO2. The van der Waals surface area contributed by atoms with Gasteiger partial charge < -0.3 is 10.1 Å². The Bertz CT molecular complexity index is 765. The minimum absolute atomic E-state index is 0.0324. The van der Waals surface area contributed by atoms with E-state index in [1.54, 1.807) is 0 Å². The first-order chi connectivity index (χ1) is 12.0. The van der Waals surface area contributed by atoms with Crippen LogP contribution in [-0.4, -0.2) is 12.5 Å². The second-order valence-corrected chi connectivity index (χ2v) is 7.17. The Morgan fingerprint density at radius 1 is 1.12 bits per heavy atom. The maximum absolute atomic E-state index is 12.4. The van der Waals surface area contributed by atoms with Gasteiger partial charge in [0.1, 0.15) is 5.75 Å². The molecule has 1 aliphatic carbocycles. The van der Waals surface area contributed by atoms with Crippen molar-refractivity contribution in [3.63, 3.8) is 0 Å². The number of benzene rings is 2. The smallest absolute Gasteiger partial charge is 0.262 e. The van der Waals surface area contributed by atoms with Gasteiger partial charge in [-0.15, -0.1) is 0 Å². The van der Waals surface area contributed by atoms with E-state index in [4.69, 9.17) is 4.74 Å². The van der Waals surface area contributed by atoms with Crippen molar-refractivity contribution in [2.24, 2.45) is 0 Å². The average Bonchev–Trinajstić information content (AvgIpc) is 2.61. The van der Waals surface area contributed by atoms with Crippen LogP contribution in [0.25, 0.3) is 0 Å². The summed E-state index contributed by atoms with van der Waals surface area (Å²) in [5.41, 5.74) is 5.93. The van der Waals surface area contributed by atoms with Gasteiger partial charge >= 0.3 is 0 Å². The van der Waals surface area contributed by atoms with Gasteiger partial charge in [-0.2, -0.15) is 0 Å². The van der Waals surface area contributed by atoms with Crippen molar-refractivity contribution < 1.29 is 9.53 Å². The number of nitrogens with one attached hydrogen (secondary N) is 1. The van der Waals surface area contributed by atoms with Gasteiger partial charge in [-0.25, -0.2) is 0 Å². The minimum Gasteiger partial charge on any atom is -0.484 e. The number of aryl methyl sites for hydroxylation is 3. The Morgan fingerprint density at radius 2 is 1.88 bits per heavy atom. The number of para-hydroxylation sites is 1. The molecule has 2 aromatic rings. The Kier molecular flexibility index (Phi) is 5.42. The zero-order valence-electron chi connectivity index (χ0n) is 15.4. The number of hydrogen-bond acceptors (Lipinski definition) is 2. The van der Waals surface area contributed by atoms with Crippen molar-refractivity contribution in [1.82, 2.24) is 0 Å². The molecule has 0 aliphatic heterocycles. The van der Waals surface area contributed by atoms with E-state index in [9.17, 15) is 4.79 Å². The van der Waals surface area contributed by atoms with Crippen molar-refractivity contribution >= 4 is 11.6 Å². The molecule has 0 saturated carbocycles. The molecular weight excluding hydrogens is 310 g/mol. The van der Waals surface area contributed by atoms with E-state index in [0.29, 0.717) is 5.92 Å². The monoisotopic (exact) mass is 337 g/mol. The molecule has 2 aromatic carbocycles. The highest BCUT2D eigenvalue weighted by molar-refractivity contribution is 5.93. The molecule has 0 atom stereocenters. The zero-order valence-corrected chi connectivity index (χ0v) is 15.4. The summed E-state index contributed by atoms with van der Waals surface area (Å²) in [5.74, 6) is 1.02. The van der Waals surface area contributed by atoms with Gasteiger partial charge in [-0.3, -0.25) is 4.79 Å². The van der Waals surface area contributed by atoms with Gasteiger partial charge in [0.2, 0.25) is 0 Å². The number of fused-ring (bicyclic) bond motifs is 1. The molecule has 0 bridgehead atoms. The van der Waals surface area contributed by atoms with Crippen LogP contribution in [0.3, 0.4) is 0 Å². The predicted molar refractivity (Wildman–Crippen MR) is 102 cm³/mol. The highest BCUT2D eigenvalue weighted by atomic mass is 16.5. The summed E-state index contributed by atoms with van der Waals surface area (Å²) in [4.78, 5) is 12.4. The highest BCUT2D eigenvalue weighted by Gasteiger charge is 2.13. The van der Waals surface area contributed by atoms with Crippen molar-refractivity contribution in [2.75, 3.05) is 11.9 Å². The summed E-state index contributed by atoms with van der Waals surface area (Å²) in [6.07, 6.45) is 4.77. The number of ether oxygens (including phenoxy) is 1. The summed E-state index contributed by atoms with van der Waals surface area (Å²) >= 11 is 0. The van der Waals surface area contributed by atoms with Crippen molar-refractivity contribution in [1.29, 1.82) is 0 Å². The Hall–Kier alpha value is -2.29. The fourth-order valence-corrected chi connectivity index (χ4v) is 3.47. The molecule has 0 radical (unpaired) electrons. The van der Waals surface area contributed by atoms with Crippen LogP contribution in [0, 0.1) is 6.92 Å². The normalized spacial score (nSPS) is 13.4. The van der Waals surface area contributed by atoms with Crippen LogP contribution in [-0.2, 0) is 17.6 Å². The summed E-state index contributed by atoms with van der Waals surface area (Å²) in [6, 6.07) is 12.3. The predicted octanol–water partition coefficient (Wildman–Crippen LogP) is 5.01. The second-order valence-electron chi connectivity index (χ2n) is 7.17. The largest absolute Gasteiger partial charge is 0.484 e. The van der Waals surface area contributed by atoms with E-state index in [1.807, 2.05) is 25.1 Å². The Balaban J connectivity index is 1.64. The van der Waals surface area contributed by atoms with E-state index in [1.165, 1.54) is 24.0 Å². The lowest BCUT2D eigenvalue weighted by Gasteiger charge is -2.18. The third kappa shape index (κ3) is 4.22. The molecule has 1 N–H and O–H groups in total. The third-order valence-corrected chi connectivity index (χ3v) is 4.88. The average molecular weight is 337 g/mol. The molecule has 0 saturated heterocycles. The molecule has 25 heavy (non-hydrogen) atoms. The third-order valence-electron chi connectivity index (χ3n) is 4.88. The van der Waals surface area contributed by atoms with E-state index in [2.05, 4.69) is 37.4 Å². The SMILES string of the molecule is Cc1cccc(C(C)C)c1NC(=O)COc1ccc2c(c1)CCCC2. The Labute approximate surface area is 150 Å². The first kappa shape index (κ1) is 17.5. The van der Waals surface area contributed by atoms with Crippen molar-refractivity contribution in [3.05, 3.63) is 58.7 Å². The van der Waals surface area contributed by atoms with Crippen LogP contribution in [0.2, 0.25) is 0 Å². The maximum Gasteiger partial charge on any atom is 0.262 e. The summed E-state index contributed by atoms with van der Waals surface area (Å²) in [6.45, 7) is 6.32. The fraction of sp³-hybridized carbons (Fsp3) is 0.409.